The zero-order valence-electron chi connectivity index (χ0n) is 11.5. The van der Waals surface area contributed by atoms with Crippen LogP contribution >= 0.6 is 0 Å². The second-order valence-corrected chi connectivity index (χ2v) is 4.18. The van der Waals surface area contributed by atoms with Gasteiger partial charge in [-0.05, 0) is 18.6 Å². The lowest BCUT2D eigenvalue weighted by molar-refractivity contribution is -0.121. The van der Waals surface area contributed by atoms with E-state index in [0.29, 0.717) is 37.8 Å². The molecule has 0 saturated heterocycles. The van der Waals surface area contributed by atoms with Gasteiger partial charge in [-0.15, -0.1) is 0 Å². The molecule has 6 heteroatoms. The fourth-order valence-electron chi connectivity index (χ4n) is 1.52. The number of aliphatic hydroxyl groups excluding tert-OH is 1. The van der Waals surface area contributed by atoms with Crippen molar-refractivity contribution in [2.75, 3.05) is 38.7 Å². The van der Waals surface area contributed by atoms with Gasteiger partial charge in [-0.25, -0.2) is 0 Å². The van der Waals surface area contributed by atoms with Gasteiger partial charge in [0, 0.05) is 13.2 Å². The lowest BCUT2D eigenvalue weighted by atomic mass is 10.3. The Morgan fingerprint density at radius 2 is 2.05 bits per heavy atom. The van der Waals surface area contributed by atoms with Crippen LogP contribution in [0.2, 0.25) is 0 Å². The lowest BCUT2D eigenvalue weighted by Gasteiger charge is -2.09. The summed E-state index contributed by atoms with van der Waals surface area (Å²) in [5, 5.41) is 11.3. The summed E-state index contributed by atoms with van der Waals surface area (Å²) in [5.74, 6) is 0.527. The van der Waals surface area contributed by atoms with Crippen molar-refractivity contribution in [2.24, 2.45) is 0 Å². The number of hydrogen-bond donors (Lipinski definition) is 3. The Hall–Kier alpha value is -1.79. The molecule has 0 radical (unpaired) electrons. The lowest BCUT2D eigenvalue weighted by Crippen LogP contribution is -2.26. The van der Waals surface area contributed by atoms with Crippen LogP contribution in [0.5, 0.6) is 5.75 Å². The minimum Gasteiger partial charge on any atom is -0.491 e. The molecule has 1 amide bonds. The Kier molecular flexibility index (Phi) is 8.17. The highest BCUT2D eigenvalue weighted by Gasteiger charge is 2.03. The molecule has 1 aromatic carbocycles. The van der Waals surface area contributed by atoms with Crippen molar-refractivity contribution in [3.63, 3.8) is 0 Å². The van der Waals surface area contributed by atoms with Gasteiger partial charge in [0.25, 0.3) is 0 Å². The molecule has 6 nitrogen and oxygen atoms in total. The minimum atomic E-state index is -0.0679. The van der Waals surface area contributed by atoms with Crippen molar-refractivity contribution >= 4 is 11.6 Å². The number of nitrogens with one attached hydrogen (secondary N) is 1. The fraction of sp³-hybridized carbons (Fsp3) is 0.500. The maximum atomic E-state index is 11.5. The van der Waals surface area contributed by atoms with E-state index in [0.717, 1.165) is 6.42 Å². The number of benzene rings is 1. The third-order valence-corrected chi connectivity index (χ3v) is 2.53. The minimum absolute atomic E-state index is 0.0202. The Labute approximate surface area is 118 Å². The first-order chi connectivity index (χ1) is 9.74. The second kappa shape index (κ2) is 10.1. The molecule has 0 atom stereocenters. The molecule has 20 heavy (non-hydrogen) atoms. The summed E-state index contributed by atoms with van der Waals surface area (Å²) in [4.78, 5) is 11.5. The topological polar surface area (TPSA) is 93.8 Å². The Morgan fingerprint density at radius 3 is 2.80 bits per heavy atom. The average Bonchev–Trinajstić information content (AvgIpc) is 2.45. The Morgan fingerprint density at radius 1 is 1.25 bits per heavy atom. The molecule has 0 saturated carbocycles. The highest BCUT2D eigenvalue weighted by Crippen LogP contribution is 2.19. The third-order valence-electron chi connectivity index (χ3n) is 2.53. The zero-order valence-corrected chi connectivity index (χ0v) is 11.5. The van der Waals surface area contributed by atoms with E-state index < -0.39 is 0 Å². The highest BCUT2D eigenvalue weighted by molar-refractivity contribution is 5.75. The van der Waals surface area contributed by atoms with Gasteiger partial charge in [-0.2, -0.15) is 0 Å². The fourth-order valence-corrected chi connectivity index (χ4v) is 1.52. The summed E-state index contributed by atoms with van der Waals surface area (Å²) in [6, 6.07) is 7.18. The van der Waals surface area contributed by atoms with E-state index in [1.807, 2.05) is 12.1 Å². The molecular weight excluding hydrogens is 260 g/mol. The van der Waals surface area contributed by atoms with Gasteiger partial charge in [0.05, 0.1) is 31.9 Å². The number of hydrogen-bond acceptors (Lipinski definition) is 5. The maximum Gasteiger partial charge on any atom is 0.223 e. The van der Waals surface area contributed by atoms with Gasteiger partial charge >= 0.3 is 0 Å². The van der Waals surface area contributed by atoms with E-state index in [4.69, 9.17) is 20.3 Å². The highest BCUT2D eigenvalue weighted by atomic mass is 16.5. The monoisotopic (exact) mass is 282 g/mol. The van der Waals surface area contributed by atoms with Gasteiger partial charge in [0.1, 0.15) is 5.75 Å². The van der Waals surface area contributed by atoms with Crippen molar-refractivity contribution in [3.8, 4) is 5.75 Å². The average molecular weight is 282 g/mol. The third kappa shape index (κ3) is 6.96. The van der Waals surface area contributed by atoms with E-state index in [1.165, 1.54) is 0 Å². The van der Waals surface area contributed by atoms with Crippen molar-refractivity contribution in [3.05, 3.63) is 24.3 Å². The molecule has 0 spiro atoms. The van der Waals surface area contributed by atoms with Crippen LogP contribution in [0, 0.1) is 0 Å². The number of amides is 1. The van der Waals surface area contributed by atoms with Gasteiger partial charge in [0.2, 0.25) is 5.91 Å². The number of aliphatic hydroxyl groups is 1. The molecule has 4 N–H and O–H groups in total. The van der Waals surface area contributed by atoms with Crippen molar-refractivity contribution in [1.82, 2.24) is 5.32 Å². The summed E-state index contributed by atoms with van der Waals surface area (Å²) in [6.07, 6.45) is 1.00. The summed E-state index contributed by atoms with van der Waals surface area (Å²) in [5.41, 5.74) is 6.28. The number of nitrogens with two attached hydrogens (primary N) is 1. The molecule has 0 aliphatic carbocycles. The van der Waals surface area contributed by atoms with Crippen LogP contribution in [-0.4, -0.2) is 44.0 Å². The quantitative estimate of drug-likeness (QED) is 0.430. The van der Waals surface area contributed by atoms with Crippen molar-refractivity contribution in [1.29, 1.82) is 0 Å². The largest absolute Gasteiger partial charge is 0.491 e. The normalized spacial score (nSPS) is 10.2. The van der Waals surface area contributed by atoms with Crippen LogP contribution in [0.4, 0.5) is 5.69 Å². The van der Waals surface area contributed by atoms with Crippen molar-refractivity contribution < 1.29 is 19.4 Å². The first kappa shape index (κ1) is 16.3. The molecule has 112 valence electrons. The summed E-state index contributed by atoms with van der Waals surface area (Å²) < 4.78 is 10.5. The molecule has 0 aliphatic rings. The second-order valence-electron chi connectivity index (χ2n) is 4.18. The number of rotatable bonds is 10. The summed E-state index contributed by atoms with van der Waals surface area (Å²) in [6.45, 7) is 1.73. The molecule has 1 aromatic rings. The van der Waals surface area contributed by atoms with Crippen LogP contribution < -0.4 is 15.8 Å². The number of carbonyl (C=O) groups is 1. The number of para-hydroxylation sites is 2. The molecule has 0 heterocycles. The van der Waals surface area contributed by atoms with Crippen LogP contribution in [0.15, 0.2) is 24.3 Å². The van der Waals surface area contributed by atoms with Crippen LogP contribution in [0.3, 0.4) is 0 Å². The van der Waals surface area contributed by atoms with E-state index in [1.54, 1.807) is 12.1 Å². The first-order valence-corrected chi connectivity index (χ1v) is 6.66. The number of carbonyl (C=O) groups excluding carboxylic acids is 1. The Bertz CT molecular complexity index is 399. The number of nitrogen functional groups attached to an aromatic ring is 1. The first-order valence-electron chi connectivity index (χ1n) is 6.66. The maximum absolute atomic E-state index is 11.5. The van der Waals surface area contributed by atoms with Gasteiger partial charge in [-0.3, -0.25) is 4.79 Å². The molecular formula is C14H22N2O4. The molecule has 1 rings (SSSR count). The standard InChI is InChI=1S/C14H22N2O4/c15-12-4-1-2-5-13(12)20-10-6-14(18)16-7-3-9-19-11-8-17/h1-2,4-5,17H,3,6-11,15H2,(H,16,18). The summed E-state index contributed by atoms with van der Waals surface area (Å²) in [7, 11) is 0. The van der Waals surface area contributed by atoms with Gasteiger partial charge in [0.15, 0.2) is 0 Å². The number of ether oxygens (including phenoxy) is 2. The predicted octanol–water partition coefficient (Wildman–Crippen LogP) is 0.553. The Balaban J connectivity index is 2.04. The molecule has 0 aliphatic heterocycles. The molecule has 0 aromatic heterocycles. The predicted molar refractivity (Wildman–Crippen MR) is 76.5 cm³/mol. The van der Waals surface area contributed by atoms with E-state index in [9.17, 15) is 4.79 Å². The molecule has 0 fully saturated rings. The molecule has 0 bridgehead atoms. The van der Waals surface area contributed by atoms with Gasteiger partial charge < -0.3 is 25.6 Å². The van der Waals surface area contributed by atoms with Crippen LogP contribution in [-0.2, 0) is 9.53 Å². The summed E-state index contributed by atoms with van der Waals surface area (Å²) >= 11 is 0. The van der Waals surface area contributed by atoms with Gasteiger partial charge in [-0.1, -0.05) is 12.1 Å². The zero-order chi connectivity index (χ0) is 14.6. The van der Waals surface area contributed by atoms with E-state index in [2.05, 4.69) is 5.32 Å². The van der Waals surface area contributed by atoms with Crippen LogP contribution in [0.1, 0.15) is 12.8 Å². The number of anilines is 1. The van der Waals surface area contributed by atoms with Crippen LogP contribution in [0.25, 0.3) is 0 Å². The molecule has 0 unspecified atom stereocenters. The van der Waals surface area contributed by atoms with E-state index >= 15 is 0 Å². The SMILES string of the molecule is Nc1ccccc1OCCC(=O)NCCCOCCO. The smallest absolute Gasteiger partial charge is 0.223 e. The van der Waals surface area contributed by atoms with Crippen molar-refractivity contribution in [2.45, 2.75) is 12.8 Å². The van der Waals surface area contributed by atoms with E-state index in [-0.39, 0.29) is 18.9 Å².